The summed E-state index contributed by atoms with van der Waals surface area (Å²) in [4.78, 5) is 22.1. The summed E-state index contributed by atoms with van der Waals surface area (Å²) in [5, 5.41) is 0. The second-order valence-corrected chi connectivity index (χ2v) is 9.99. The van der Waals surface area contributed by atoms with E-state index < -0.39 is 17.7 Å². The van der Waals surface area contributed by atoms with Crippen LogP contribution in [-0.2, 0) is 11.0 Å². The number of nitrogens with zero attached hydrogens (tertiary/aromatic N) is 4. The van der Waals surface area contributed by atoms with Crippen molar-refractivity contribution in [3.05, 3.63) is 113 Å². The van der Waals surface area contributed by atoms with Gasteiger partial charge in [-0.05, 0) is 41.8 Å². The average Bonchev–Trinajstić information content (AvgIpc) is 3.35. The Hall–Kier alpha value is -3.91. The van der Waals surface area contributed by atoms with E-state index in [1.165, 1.54) is 6.07 Å². The summed E-state index contributed by atoms with van der Waals surface area (Å²) in [6.07, 6.45) is 3.35. The topological polar surface area (TPSA) is 40.9 Å². The number of aryl methyl sites for hydroxylation is 1. The highest BCUT2D eigenvalue weighted by atomic mass is 19.4. The number of pyridine rings is 1. The van der Waals surface area contributed by atoms with Gasteiger partial charge in [-0.1, -0.05) is 60.7 Å². The van der Waals surface area contributed by atoms with E-state index in [2.05, 4.69) is 34.2 Å². The molecule has 0 aliphatic carbocycles. The lowest BCUT2D eigenvalue weighted by atomic mass is 9.90. The minimum absolute atomic E-state index is 0.0664. The van der Waals surface area contributed by atoms with Gasteiger partial charge in [-0.3, -0.25) is 9.69 Å². The van der Waals surface area contributed by atoms with Gasteiger partial charge < -0.3 is 9.30 Å². The average molecular weight is 533 g/mol. The Labute approximate surface area is 226 Å². The first-order valence-corrected chi connectivity index (χ1v) is 13.1. The normalized spacial score (nSPS) is 15.7. The van der Waals surface area contributed by atoms with Gasteiger partial charge in [-0.15, -0.1) is 0 Å². The standard InChI is InChI=1S/C31H31F3N4O/c1-23-12-14-38-28(22-35-29(38)19-23)27(25-10-5-11-26(20-25)31(32,33)34)21-30(39)37-17-15-36(16-18-37)13-6-9-24-7-3-2-4-8-24/h2-12,14,19-20,22,27H,13,15-18,21H2,1H3. The fourth-order valence-electron chi connectivity index (χ4n) is 5.07. The summed E-state index contributed by atoms with van der Waals surface area (Å²) < 4.78 is 42.5. The molecule has 4 aromatic rings. The molecule has 3 heterocycles. The number of aromatic nitrogens is 2. The van der Waals surface area contributed by atoms with Crippen LogP contribution in [0.2, 0.25) is 0 Å². The molecule has 1 aliphatic rings. The lowest BCUT2D eigenvalue weighted by molar-refractivity contribution is -0.137. The van der Waals surface area contributed by atoms with Crippen molar-refractivity contribution >= 4 is 17.6 Å². The van der Waals surface area contributed by atoms with Crippen LogP contribution in [-0.4, -0.2) is 57.8 Å². The highest BCUT2D eigenvalue weighted by Gasteiger charge is 2.32. The van der Waals surface area contributed by atoms with Crippen LogP contribution < -0.4 is 0 Å². The molecule has 1 unspecified atom stereocenters. The second-order valence-electron chi connectivity index (χ2n) is 9.99. The Balaban J connectivity index is 1.31. The summed E-state index contributed by atoms with van der Waals surface area (Å²) in [6.45, 7) is 5.41. The van der Waals surface area contributed by atoms with Gasteiger partial charge in [0.1, 0.15) is 5.65 Å². The first-order chi connectivity index (χ1) is 18.8. The van der Waals surface area contributed by atoms with E-state index in [4.69, 9.17) is 0 Å². The number of fused-ring (bicyclic) bond motifs is 1. The molecule has 0 N–H and O–H groups in total. The van der Waals surface area contributed by atoms with Gasteiger partial charge in [0.25, 0.3) is 0 Å². The van der Waals surface area contributed by atoms with Crippen molar-refractivity contribution in [1.82, 2.24) is 19.2 Å². The van der Waals surface area contributed by atoms with Crippen molar-refractivity contribution in [1.29, 1.82) is 0 Å². The number of carbonyl (C=O) groups is 1. The van der Waals surface area contributed by atoms with Crippen LogP contribution in [0, 0.1) is 6.92 Å². The predicted octanol–water partition coefficient (Wildman–Crippen LogP) is 6.04. The van der Waals surface area contributed by atoms with E-state index in [-0.39, 0.29) is 12.3 Å². The molecule has 0 radical (unpaired) electrons. The Morgan fingerprint density at radius 3 is 2.51 bits per heavy atom. The summed E-state index contributed by atoms with van der Waals surface area (Å²) >= 11 is 0. The molecule has 1 atom stereocenters. The number of carbonyl (C=O) groups excluding carboxylic acids is 1. The summed E-state index contributed by atoms with van der Waals surface area (Å²) in [5.74, 6) is -0.636. The van der Waals surface area contributed by atoms with Gasteiger partial charge in [0, 0.05) is 57.5 Å². The molecule has 1 fully saturated rings. The molecule has 0 bridgehead atoms. The molecule has 2 aromatic carbocycles. The molecule has 39 heavy (non-hydrogen) atoms. The van der Waals surface area contributed by atoms with Gasteiger partial charge in [0.15, 0.2) is 0 Å². The van der Waals surface area contributed by atoms with E-state index >= 15 is 0 Å². The highest BCUT2D eigenvalue weighted by Crippen LogP contribution is 2.35. The SMILES string of the molecule is Cc1ccn2c(C(CC(=O)N3CCN(CC=Cc4ccccc4)CC3)c3cccc(C(F)(F)F)c3)cnc2c1. The maximum atomic E-state index is 13.5. The van der Waals surface area contributed by atoms with Crippen LogP contribution >= 0.6 is 0 Å². The first kappa shape index (κ1) is 26.7. The number of benzene rings is 2. The molecule has 2 aromatic heterocycles. The molecule has 202 valence electrons. The van der Waals surface area contributed by atoms with E-state index in [0.717, 1.165) is 42.9 Å². The fourth-order valence-corrected chi connectivity index (χ4v) is 5.07. The van der Waals surface area contributed by atoms with Crippen molar-refractivity contribution in [3.8, 4) is 0 Å². The number of hydrogen-bond acceptors (Lipinski definition) is 3. The van der Waals surface area contributed by atoms with Crippen molar-refractivity contribution in [2.45, 2.75) is 25.4 Å². The molecule has 5 rings (SSSR count). The van der Waals surface area contributed by atoms with Crippen LogP contribution in [0.3, 0.4) is 0 Å². The Morgan fingerprint density at radius 1 is 1.00 bits per heavy atom. The third-order valence-electron chi connectivity index (χ3n) is 7.25. The quantitative estimate of drug-likeness (QED) is 0.291. The molecule has 8 heteroatoms. The zero-order valence-corrected chi connectivity index (χ0v) is 21.8. The summed E-state index contributed by atoms with van der Waals surface area (Å²) in [7, 11) is 0. The van der Waals surface area contributed by atoms with E-state index in [1.54, 1.807) is 12.3 Å². The number of piperazine rings is 1. The summed E-state index contributed by atoms with van der Waals surface area (Å²) in [6, 6.07) is 19.2. The number of rotatable bonds is 7. The first-order valence-electron chi connectivity index (χ1n) is 13.1. The maximum Gasteiger partial charge on any atom is 0.416 e. The second kappa shape index (κ2) is 11.5. The minimum atomic E-state index is -4.47. The maximum absolute atomic E-state index is 13.5. The molecule has 5 nitrogen and oxygen atoms in total. The van der Waals surface area contributed by atoms with Crippen LogP contribution in [0.4, 0.5) is 13.2 Å². The van der Waals surface area contributed by atoms with Crippen LogP contribution in [0.25, 0.3) is 11.7 Å². The molecule has 0 saturated carbocycles. The van der Waals surface area contributed by atoms with Crippen molar-refractivity contribution in [2.24, 2.45) is 0 Å². The number of imidazole rings is 1. The zero-order valence-electron chi connectivity index (χ0n) is 21.8. The monoisotopic (exact) mass is 532 g/mol. The van der Waals surface area contributed by atoms with Crippen LogP contribution in [0.5, 0.6) is 0 Å². The fraction of sp³-hybridized carbons (Fsp3) is 0.290. The smallest absolute Gasteiger partial charge is 0.340 e. The number of alkyl halides is 3. The van der Waals surface area contributed by atoms with Gasteiger partial charge in [-0.25, -0.2) is 4.98 Å². The highest BCUT2D eigenvalue weighted by molar-refractivity contribution is 5.78. The number of hydrogen-bond donors (Lipinski definition) is 0. The van der Waals surface area contributed by atoms with E-state index in [1.807, 2.05) is 52.8 Å². The van der Waals surface area contributed by atoms with Crippen LogP contribution in [0.1, 0.15) is 40.3 Å². The van der Waals surface area contributed by atoms with Gasteiger partial charge >= 0.3 is 6.18 Å². The van der Waals surface area contributed by atoms with E-state index in [0.29, 0.717) is 30.0 Å². The van der Waals surface area contributed by atoms with Gasteiger partial charge in [0.05, 0.1) is 11.3 Å². The number of halogens is 3. The predicted molar refractivity (Wildman–Crippen MR) is 146 cm³/mol. The Morgan fingerprint density at radius 2 is 1.77 bits per heavy atom. The van der Waals surface area contributed by atoms with Crippen molar-refractivity contribution < 1.29 is 18.0 Å². The molecule has 0 spiro atoms. The molecule has 1 amide bonds. The van der Waals surface area contributed by atoms with Crippen molar-refractivity contribution in [2.75, 3.05) is 32.7 Å². The molecular weight excluding hydrogens is 501 g/mol. The molecular formula is C31H31F3N4O. The third-order valence-corrected chi connectivity index (χ3v) is 7.25. The lowest BCUT2D eigenvalue weighted by Gasteiger charge is -2.35. The van der Waals surface area contributed by atoms with Crippen LogP contribution in [0.15, 0.2) is 85.2 Å². The minimum Gasteiger partial charge on any atom is -0.340 e. The lowest BCUT2D eigenvalue weighted by Crippen LogP contribution is -2.48. The third kappa shape index (κ3) is 6.40. The zero-order chi connectivity index (χ0) is 27.4. The van der Waals surface area contributed by atoms with Crippen molar-refractivity contribution in [3.63, 3.8) is 0 Å². The summed E-state index contributed by atoms with van der Waals surface area (Å²) in [5.41, 5.74) is 3.30. The van der Waals surface area contributed by atoms with E-state index in [9.17, 15) is 18.0 Å². The number of amides is 1. The molecule has 1 saturated heterocycles. The van der Waals surface area contributed by atoms with Gasteiger partial charge in [-0.2, -0.15) is 13.2 Å². The Bertz CT molecular complexity index is 1450. The largest absolute Gasteiger partial charge is 0.416 e. The molecule has 1 aliphatic heterocycles. The Kier molecular flexibility index (Phi) is 7.84. The van der Waals surface area contributed by atoms with Gasteiger partial charge in [0.2, 0.25) is 5.91 Å².